The Balaban J connectivity index is 1.68. The van der Waals surface area contributed by atoms with E-state index in [1.807, 2.05) is 45.3 Å². The third-order valence-corrected chi connectivity index (χ3v) is 32.9. The van der Waals surface area contributed by atoms with E-state index in [0.29, 0.717) is 0 Å². The summed E-state index contributed by atoms with van der Waals surface area (Å²) in [6.07, 6.45) is 12.5. The molecule has 0 aliphatic heterocycles. The average molecular weight is 901 g/mol. The van der Waals surface area contributed by atoms with Crippen LogP contribution >= 0.6 is 45.3 Å². The van der Waals surface area contributed by atoms with Crippen LogP contribution < -0.4 is 16.2 Å². The summed E-state index contributed by atoms with van der Waals surface area (Å²) < 4.78 is 5.79. The van der Waals surface area contributed by atoms with Crippen molar-refractivity contribution in [2.75, 3.05) is 0 Å². The summed E-state index contributed by atoms with van der Waals surface area (Å²) in [5.74, 6) is 0.259. The third-order valence-electron chi connectivity index (χ3n) is 9.25. The zero-order chi connectivity index (χ0) is 32.8. The van der Waals surface area contributed by atoms with Crippen LogP contribution in [0.2, 0.25) is 29.6 Å². The molecule has 0 spiro atoms. The fourth-order valence-electron chi connectivity index (χ4n) is 6.63. The Hall–Kier alpha value is -0.453. The van der Waals surface area contributed by atoms with Crippen LogP contribution in [0, 0.1) is 0 Å². The van der Waals surface area contributed by atoms with Gasteiger partial charge >= 0.3 is 277 Å². The average Bonchev–Trinajstić information content (AvgIpc) is 3.81. The quantitative estimate of drug-likeness (QED) is 0.0802. The van der Waals surface area contributed by atoms with Crippen molar-refractivity contribution in [3.63, 3.8) is 0 Å². The van der Waals surface area contributed by atoms with Crippen molar-refractivity contribution in [1.82, 2.24) is 0 Å². The Labute approximate surface area is 300 Å². The van der Waals surface area contributed by atoms with Crippen LogP contribution in [0.25, 0.3) is 31.3 Å². The van der Waals surface area contributed by atoms with Crippen LogP contribution in [0.5, 0.6) is 0 Å². The fraction of sp³-hybridized carbons (Fsp3) is 0.462. The first-order valence-electron chi connectivity index (χ1n) is 17.4. The van der Waals surface area contributed by atoms with E-state index in [1.165, 1.54) is 101 Å². The predicted molar refractivity (Wildman–Crippen MR) is 217 cm³/mol. The molecule has 46 heavy (non-hydrogen) atoms. The second kappa shape index (κ2) is 14.4. The first kappa shape index (κ1) is 35.4. The molecule has 1 nitrogen and oxygen atoms in total. The topological polar surface area (TPSA) is 17.1 Å². The molecule has 1 aliphatic rings. The molecule has 0 radical (unpaired) electrons. The molecule has 0 amide bonds. The molecular weight excluding hydrogens is 850 g/mol. The molecule has 0 fully saturated rings. The first-order chi connectivity index (χ1) is 21.9. The summed E-state index contributed by atoms with van der Waals surface area (Å²) in [7, 11) is 0. The summed E-state index contributed by atoms with van der Waals surface area (Å²) in [4.78, 5) is 35.3. The number of ketones is 1. The number of hydrogen-bond donors (Lipinski definition) is 0. The predicted octanol–water partition coefficient (Wildman–Crippen LogP) is 10.6. The Morgan fingerprint density at radius 1 is 0.543 bits per heavy atom. The van der Waals surface area contributed by atoms with Gasteiger partial charge in [-0.25, -0.2) is 0 Å². The van der Waals surface area contributed by atoms with E-state index in [1.54, 1.807) is 5.79 Å². The van der Waals surface area contributed by atoms with Crippen LogP contribution in [0.15, 0.2) is 36.4 Å². The van der Waals surface area contributed by atoms with Crippen LogP contribution in [-0.4, -0.2) is 42.5 Å². The molecule has 0 unspecified atom stereocenters. The van der Waals surface area contributed by atoms with Gasteiger partial charge in [0.1, 0.15) is 0 Å². The molecule has 0 atom stereocenters. The van der Waals surface area contributed by atoms with E-state index >= 15 is 4.79 Å². The molecule has 6 rings (SSSR count). The number of fused-ring (bicyclic) bond motifs is 6. The molecule has 0 saturated heterocycles. The van der Waals surface area contributed by atoms with Crippen LogP contribution in [0.3, 0.4) is 0 Å². The number of benzene rings is 1. The molecule has 1 aliphatic carbocycles. The second-order valence-electron chi connectivity index (χ2n) is 15.2. The van der Waals surface area contributed by atoms with Crippen molar-refractivity contribution in [1.29, 1.82) is 0 Å². The summed E-state index contributed by atoms with van der Waals surface area (Å²) in [5.41, 5.74) is 1.96. The zero-order valence-electron chi connectivity index (χ0n) is 29.1. The summed E-state index contributed by atoms with van der Waals surface area (Å²) in [5, 5.41) is 5.27. The van der Waals surface area contributed by atoms with E-state index in [4.69, 9.17) is 0 Å². The fourth-order valence-corrected chi connectivity index (χ4v) is 21.9. The van der Waals surface area contributed by atoms with Gasteiger partial charge in [-0.2, -0.15) is 0 Å². The van der Waals surface area contributed by atoms with E-state index < -0.39 is 36.8 Å². The van der Waals surface area contributed by atoms with E-state index in [9.17, 15) is 0 Å². The van der Waals surface area contributed by atoms with Crippen LogP contribution in [0.1, 0.15) is 84.7 Å². The molecule has 1 aromatic carbocycles. The van der Waals surface area contributed by atoms with Gasteiger partial charge < -0.3 is 0 Å². The van der Waals surface area contributed by atoms with Gasteiger partial charge in [-0.3, -0.25) is 0 Å². The van der Waals surface area contributed by atoms with Gasteiger partial charge in [0.05, 0.1) is 0 Å². The number of unbranched alkanes of at least 4 members (excludes halogenated alkanes) is 6. The molecule has 0 bridgehead atoms. The number of carbonyl (C=O) groups excluding carboxylic acids is 1. The standard InChI is InChI=1S/C33H32OS4.6CH3.2Sn/c1-3-5-7-9-13-21-19-23-24-20-22(14-10-8-6-4-2)38-33(24)30-28(26-16-12-18-36-26)31(34)27(25-15-11-17-35-25)29(30)32(23)37-21;;;;;;;;/h11-12,15-16,19-20H,3-10,13-14H2,1-2H3;6*1H3;;. The molecule has 7 heteroatoms. The maximum absolute atomic E-state index is 15.1. The molecule has 0 saturated carbocycles. The number of carbonyl (C=O) groups is 1. The van der Waals surface area contributed by atoms with Gasteiger partial charge in [-0.1, -0.05) is 26.7 Å². The Kier molecular flexibility index (Phi) is 11.1. The maximum atomic E-state index is 15.1. The Morgan fingerprint density at radius 2 is 0.957 bits per heavy atom. The number of hydrogen-bond acceptors (Lipinski definition) is 5. The van der Waals surface area contributed by atoms with E-state index in [2.05, 4.69) is 79.9 Å². The molecule has 0 N–H and O–H groups in total. The third kappa shape index (κ3) is 7.08. The molecule has 4 heterocycles. The number of thiophene rings is 4. The summed E-state index contributed by atoms with van der Waals surface area (Å²) in [6.45, 7) is 4.58. The minimum absolute atomic E-state index is 0.259. The first-order valence-corrected chi connectivity index (χ1v) is 40.7. The van der Waals surface area contributed by atoms with E-state index in [0.717, 1.165) is 24.0 Å². The van der Waals surface area contributed by atoms with Crippen molar-refractivity contribution in [2.24, 2.45) is 0 Å². The van der Waals surface area contributed by atoms with Gasteiger partial charge in [0.25, 0.3) is 0 Å². The second-order valence-corrected chi connectivity index (χ2v) is 50.5. The van der Waals surface area contributed by atoms with Crippen LogP contribution in [-0.2, 0) is 17.6 Å². The van der Waals surface area contributed by atoms with Crippen molar-refractivity contribution >= 4 is 125 Å². The molecule has 244 valence electrons. The minimum atomic E-state index is -2.30. The van der Waals surface area contributed by atoms with Gasteiger partial charge in [-0.05, 0) is 0 Å². The molecule has 4 aromatic heterocycles. The van der Waals surface area contributed by atoms with Crippen molar-refractivity contribution < 1.29 is 4.79 Å². The van der Waals surface area contributed by atoms with Gasteiger partial charge in [0, 0.05) is 0 Å². The Morgan fingerprint density at radius 3 is 1.30 bits per heavy atom. The summed E-state index contributed by atoms with van der Waals surface area (Å²) in [6, 6.07) is 14.3. The van der Waals surface area contributed by atoms with Gasteiger partial charge in [0.15, 0.2) is 0 Å². The normalized spacial score (nSPS) is 14.0. The number of Topliss-reactive ketones (excluding diaryl/α,β-unsaturated/α-hetero) is 1. The monoisotopic (exact) mass is 902 g/mol. The number of rotatable bonds is 14. The van der Waals surface area contributed by atoms with Crippen molar-refractivity contribution in [2.45, 2.75) is 108 Å². The van der Waals surface area contributed by atoms with Crippen molar-refractivity contribution in [3.8, 4) is 0 Å². The van der Waals surface area contributed by atoms with Crippen LogP contribution in [0.4, 0.5) is 0 Å². The van der Waals surface area contributed by atoms with Gasteiger partial charge in [-0.15, -0.1) is 0 Å². The van der Waals surface area contributed by atoms with Crippen molar-refractivity contribution in [3.05, 3.63) is 66.3 Å². The SMILES string of the molecule is CCCCCCc1cc2c(s1)c1c(c3sc(CCCCCC)cc32)=C(c2cc[c]([Sn]([CH3])([CH3])[CH3])s2)C(=O)C=1c1cc[c]([Sn]([CH3])([CH3])[CH3])s1. The summed E-state index contributed by atoms with van der Waals surface area (Å²) >= 11 is 3.18. The Bertz CT molecular complexity index is 1880. The number of aryl methyl sites for hydroxylation is 2. The molecule has 5 aromatic rings. The molecular formula is C39H50OS4Sn2. The van der Waals surface area contributed by atoms with E-state index in [-0.39, 0.29) is 5.78 Å². The zero-order valence-corrected chi connectivity index (χ0v) is 38.1. The van der Waals surface area contributed by atoms with Gasteiger partial charge in [0.2, 0.25) is 0 Å².